The number of carboxylic acids is 1. The first-order valence-electron chi connectivity index (χ1n) is 10.2. The Kier molecular flexibility index (Phi) is 4.85. The first-order chi connectivity index (χ1) is 15.1. The molecule has 1 saturated heterocycles. The number of fused-ring (bicyclic) bond motifs is 1. The van der Waals surface area contributed by atoms with Crippen molar-refractivity contribution in [3.8, 4) is 16.9 Å². The molecular formula is C22H21N5O4. The number of carbonyl (C=O) groups is 2. The molecule has 0 bridgehead atoms. The number of rotatable bonds is 4. The maximum atomic E-state index is 12.7. The molecule has 31 heavy (non-hydrogen) atoms. The standard InChI is InChI=1S/C22H21N5O4/c28-21(29)20-5-7-27(25-20)22(30)26-12-16-9-19(10-17(16)13-26)31-18-3-1-2-14(8-18)15-4-6-23-24-11-15/h1-8,11,16-17,19H,9-10,12-13H2,(H,28,29)/t16-,17?,19?/m0/s1. The third-order valence-electron chi connectivity index (χ3n) is 6.04. The van der Waals surface area contributed by atoms with Gasteiger partial charge in [0.25, 0.3) is 0 Å². The monoisotopic (exact) mass is 419 g/mol. The Morgan fingerprint density at radius 2 is 1.84 bits per heavy atom. The van der Waals surface area contributed by atoms with Gasteiger partial charge in [-0.15, -0.1) is 0 Å². The summed E-state index contributed by atoms with van der Waals surface area (Å²) in [7, 11) is 0. The van der Waals surface area contributed by atoms with Crippen LogP contribution in [-0.2, 0) is 0 Å². The van der Waals surface area contributed by atoms with E-state index in [4.69, 9.17) is 9.84 Å². The summed E-state index contributed by atoms with van der Waals surface area (Å²) in [5.74, 6) is 0.422. The number of hydrogen-bond donors (Lipinski definition) is 1. The molecule has 1 aliphatic carbocycles. The van der Waals surface area contributed by atoms with Crippen LogP contribution in [0.3, 0.4) is 0 Å². The highest BCUT2D eigenvalue weighted by Gasteiger charge is 2.43. The maximum absolute atomic E-state index is 12.7. The van der Waals surface area contributed by atoms with Gasteiger partial charge in [-0.05, 0) is 54.5 Å². The molecule has 5 rings (SSSR count). The molecular weight excluding hydrogens is 398 g/mol. The summed E-state index contributed by atoms with van der Waals surface area (Å²) < 4.78 is 7.37. The zero-order valence-electron chi connectivity index (χ0n) is 16.7. The fourth-order valence-electron chi connectivity index (χ4n) is 4.59. The Bertz CT molecular complexity index is 1100. The van der Waals surface area contributed by atoms with Gasteiger partial charge in [0.2, 0.25) is 0 Å². The molecule has 3 atom stereocenters. The fraction of sp³-hybridized carbons (Fsp3) is 0.318. The Balaban J connectivity index is 1.20. The average Bonchev–Trinajstić information content (AvgIpc) is 3.49. The van der Waals surface area contributed by atoms with Gasteiger partial charge in [0.1, 0.15) is 5.75 Å². The van der Waals surface area contributed by atoms with Crippen LogP contribution in [0, 0.1) is 11.8 Å². The van der Waals surface area contributed by atoms with Crippen LogP contribution >= 0.6 is 0 Å². The molecule has 9 heteroatoms. The zero-order valence-corrected chi connectivity index (χ0v) is 16.7. The number of aromatic nitrogens is 4. The lowest BCUT2D eigenvalue weighted by Crippen LogP contribution is -2.34. The van der Waals surface area contributed by atoms with Gasteiger partial charge >= 0.3 is 12.0 Å². The van der Waals surface area contributed by atoms with E-state index in [0.29, 0.717) is 24.9 Å². The molecule has 158 valence electrons. The minimum atomic E-state index is -1.14. The van der Waals surface area contributed by atoms with E-state index in [1.165, 1.54) is 12.3 Å². The number of benzene rings is 1. The number of hydrogen-bond acceptors (Lipinski definition) is 6. The predicted molar refractivity (Wildman–Crippen MR) is 110 cm³/mol. The van der Waals surface area contributed by atoms with Crippen molar-refractivity contribution in [2.24, 2.45) is 11.8 Å². The molecule has 2 aromatic heterocycles. The second-order valence-corrected chi connectivity index (χ2v) is 8.03. The van der Waals surface area contributed by atoms with Crippen LogP contribution in [0.15, 0.2) is 55.0 Å². The number of likely N-dealkylation sites (tertiary alicyclic amines) is 1. The summed E-state index contributed by atoms with van der Waals surface area (Å²) in [6, 6.07) is 10.9. The molecule has 0 spiro atoms. The normalized spacial score (nSPS) is 22.3. The van der Waals surface area contributed by atoms with E-state index < -0.39 is 5.97 Å². The predicted octanol–water partition coefficient (Wildman–Crippen LogP) is 2.80. The van der Waals surface area contributed by atoms with Crippen LogP contribution < -0.4 is 4.74 Å². The van der Waals surface area contributed by atoms with E-state index in [1.807, 2.05) is 30.3 Å². The highest BCUT2D eigenvalue weighted by molar-refractivity contribution is 5.86. The maximum Gasteiger partial charge on any atom is 0.356 e. The van der Waals surface area contributed by atoms with Crippen LogP contribution in [-0.4, -0.2) is 61.2 Å². The van der Waals surface area contributed by atoms with Crippen molar-refractivity contribution >= 4 is 12.0 Å². The van der Waals surface area contributed by atoms with Gasteiger partial charge in [-0.1, -0.05) is 12.1 Å². The van der Waals surface area contributed by atoms with Crippen LogP contribution in [0.2, 0.25) is 0 Å². The van der Waals surface area contributed by atoms with Gasteiger partial charge in [0.15, 0.2) is 5.69 Å². The van der Waals surface area contributed by atoms with Crippen LogP contribution in [0.1, 0.15) is 23.3 Å². The highest BCUT2D eigenvalue weighted by atomic mass is 16.5. The van der Waals surface area contributed by atoms with Crippen molar-refractivity contribution in [3.05, 3.63) is 60.7 Å². The topological polar surface area (TPSA) is 110 Å². The SMILES string of the molecule is O=C(O)c1ccn(C(=O)N2CC3CC(Oc4cccc(-c5ccnnc5)c4)C[C@H]3C2)n1. The van der Waals surface area contributed by atoms with E-state index in [1.54, 1.807) is 17.3 Å². The van der Waals surface area contributed by atoms with Crippen molar-refractivity contribution in [3.63, 3.8) is 0 Å². The third kappa shape index (κ3) is 3.86. The first-order valence-corrected chi connectivity index (χ1v) is 10.2. The quantitative estimate of drug-likeness (QED) is 0.692. The Morgan fingerprint density at radius 1 is 1.03 bits per heavy atom. The molecule has 1 N–H and O–H groups in total. The summed E-state index contributed by atoms with van der Waals surface area (Å²) in [5.41, 5.74) is 1.89. The molecule has 3 heterocycles. The molecule has 1 saturated carbocycles. The number of carboxylic acid groups (broad SMARTS) is 1. The highest BCUT2D eigenvalue weighted by Crippen LogP contribution is 2.40. The summed E-state index contributed by atoms with van der Waals surface area (Å²) in [6.45, 7) is 1.27. The summed E-state index contributed by atoms with van der Waals surface area (Å²) in [5, 5.41) is 20.6. The first kappa shape index (κ1) is 19.2. The molecule has 2 unspecified atom stereocenters. The van der Waals surface area contributed by atoms with Crippen molar-refractivity contribution in [2.75, 3.05) is 13.1 Å². The zero-order chi connectivity index (χ0) is 21.4. The van der Waals surface area contributed by atoms with E-state index in [9.17, 15) is 9.59 Å². The lowest BCUT2D eigenvalue weighted by atomic mass is 10.0. The van der Waals surface area contributed by atoms with Crippen molar-refractivity contribution in [1.29, 1.82) is 0 Å². The lowest BCUT2D eigenvalue weighted by Gasteiger charge is -2.20. The lowest BCUT2D eigenvalue weighted by molar-refractivity contribution is 0.0690. The Morgan fingerprint density at radius 3 is 2.52 bits per heavy atom. The Labute approximate surface area is 178 Å². The molecule has 3 aromatic rings. The molecule has 1 aliphatic heterocycles. The van der Waals surface area contributed by atoms with Crippen molar-refractivity contribution < 1.29 is 19.4 Å². The number of amides is 1. The summed E-state index contributed by atoms with van der Waals surface area (Å²) in [4.78, 5) is 25.4. The minimum Gasteiger partial charge on any atom is -0.490 e. The number of carbonyl (C=O) groups excluding carboxylic acids is 1. The van der Waals surface area contributed by atoms with Crippen molar-refractivity contribution in [2.45, 2.75) is 18.9 Å². The van der Waals surface area contributed by atoms with E-state index in [0.717, 1.165) is 34.4 Å². The largest absolute Gasteiger partial charge is 0.490 e. The van der Waals surface area contributed by atoms with Gasteiger partial charge in [-0.25, -0.2) is 9.59 Å². The van der Waals surface area contributed by atoms with Crippen LogP contribution in [0.25, 0.3) is 11.1 Å². The smallest absolute Gasteiger partial charge is 0.356 e. The van der Waals surface area contributed by atoms with E-state index in [-0.39, 0.29) is 17.8 Å². The summed E-state index contributed by atoms with van der Waals surface area (Å²) >= 11 is 0. The molecule has 0 radical (unpaired) electrons. The van der Waals surface area contributed by atoms with Gasteiger partial charge in [0, 0.05) is 24.8 Å². The van der Waals surface area contributed by atoms with Crippen molar-refractivity contribution in [1.82, 2.24) is 24.9 Å². The number of aromatic carboxylic acids is 1. The van der Waals surface area contributed by atoms with E-state index >= 15 is 0 Å². The minimum absolute atomic E-state index is 0.112. The van der Waals surface area contributed by atoms with E-state index in [2.05, 4.69) is 15.3 Å². The molecule has 2 fully saturated rings. The van der Waals surface area contributed by atoms with Gasteiger partial charge in [-0.2, -0.15) is 20.0 Å². The second kappa shape index (κ2) is 7.82. The molecule has 1 amide bonds. The van der Waals surface area contributed by atoms with Gasteiger partial charge in [0.05, 0.1) is 18.5 Å². The van der Waals surface area contributed by atoms with Gasteiger partial charge < -0.3 is 14.7 Å². The van der Waals surface area contributed by atoms with Gasteiger partial charge in [-0.3, -0.25) is 0 Å². The van der Waals surface area contributed by atoms with Crippen LogP contribution in [0.4, 0.5) is 4.79 Å². The molecule has 9 nitrogen and oxygen atoms in total. The third-order valence-corrected chi connectivity index (χ3v) is 6.04. The number of ether oxygens (including phenoxy) is 1. The second-order valence-electron chi connectivity index (χ2n) is 8.03. The Hall–Kier alpha value is -3.75. The molecule has 1 aromatic carbocycles. The van der Waals surface area contributed by atoms with Crippen LogP contribution in [0.5, 0.6) is 5.75 Å². The molecule has 2 aliphatic rings. The summed E-state index contributed by atoms with van der Waals surface area (Å²) in [6.07, 6.45) is 6.67. The number of nitrogens with zero attached hydrogens (tertiary/aromatic N) is 5. The average molecular weight is 419 g/mol. The fourth-order valence-corrected chi connectivity index (χ4v) is 4.59.